The molecule has 6 rings (SSSR count). The van der Waals surface area contributed by atoms with E-state index in [9.17, 15) is 0 Å². The molecule has 40 heavy (non-hydrogen) atoms. The molecule has 6 aromatic carbocycles. The van der Waals surface area contributed by atoms with Crippen molar-refractivity contribution in [3.63, 3.8) is 0 Å². The zero-order valence-corrected chi connectivity index (χ0v) is 28.2. The van der Waals surface area contributed by atoms with E-state index >= 15 is 0 Å². The van der Waals surface area contributed by atoms with Gasteiger partial charge >= 0.3 is 52.4 Å². The van der Waals surface area contributed by atoms with E-state index in [4.69, 9.17) is 18.6 Å². The van der Waals surface area contributed by atoms with Gasteiger partial charge in [0.2, 0.25) is 0 Å². The zero-order chi connectivity index (χ0) is 28.8. The average molecular weight is 616 g/mol. The van der Waals surface area contributed by atoms with Crippen molar-refractivity contribution in [1.29, 1.82) is 0 Å². The molecule has 0 aliphatic rings. The Bertz CT molecular complexity index is 1620. The summed E-state index contributed by atoms with van der Waals surface area (Å²) in [6.07, 6.45) is -0.254. The van der Waals surface area contributed by atoms with Gasteiger partial charge in [-0.1, -0.05) is 112 Å². The van der Waals surface area contributed by atoms with E-state index in [0.29, 0.717) is 0 Å². The first-order chi connectivity index (χ1) is 19.2. The van der Waals surface area contributed by atoms with Crippen LogP contribution in [0.2, 0.25) is 13.1 Å². The third-order valence-electron chi connectivity index (χ3n) is 7.05. The van der Waals surface area contributed by atoms with Gasteiger partial charge in [-0.05, 0) is 11.1 Å². The molecule has 0 nitrogen and oxygen atoms in total. The van der Waals surface area contributed by atoms with Crippen LogP contribution in [-0.2, 0) is 14.5 Å². The molecule has 0 saturated heterocycles. The first-order valence-corrected chi connectivity index (χ1v) is 22.7. The second kappa shape index (κ2) is 14.0. The molecule has 0 radical (unpaired) electrons. The molecule has 0 atom stereocenters. The number of fused-ring (bicyclic) bond motifs is 2. The minimum atomic E-state index is -1.42. The molecule has 0 amide bonds. The molecule has 0 aromatic heterocycles. The van der Waals surface area contributed by atoms with E-state index in [1.807, 2.05) is 0 Å². The smallest absolute Gasteiger partial charge is 0.0279 e. The number of halogens is 2. The van der Waals surface area contributed by atoms with E-state index in [0.717, 1.165) is 0 Å². The predicted molar refractivity (Wildman–Crippen MR) is 178 cm³/mol. The summed E-state index contributed by atoms with van der Waals surface area (Å²) in [7, 11) is 11.2. The fourth-order valence-corrected chi connectivity index (χ4v) is 4.92. The van der Waals surface area contributed by atoms with Gasteiger partial charge < -0.3 is 0 Å². The second-order valence-electron chi connectivity index (χ2n) is 10.6. The van der Waals surface area contributed by atoms with Crippen molar-refractivity contribution < 1.29 is 14.5 Å². The Balaban J connectivity index is 0.000000155. The minimum absolute atomic E-state index is 0.254. The molecule has 4 heteroatoms. The third kappa shape index (κ3) is 7.46. The van der Waals surface area contributed by atoms with Crippen molar-refractivity contribution in [3.05, 3.63) is 131 Å². The number of hydrogen-bond donors (Lipinski definition) is 0. The van der Waals surface area contributed by atoms with Crippen LogP contribution in [0.25, 0.3) is 43.8 Å². The average Bonchev–Trinajstić information content (AvgIpc) is 3.54. The largest absolute Gasteiger partial charge is 0.165 e. The molecule has 6 aromatic rings. The summed E-state index contributed by atoms with van der Waals surface area (Å²) < 4.78 is 0. The summed E-state index contributed by atoms with van der Waals surface area (Å²) >= 11 is -1.42. The Kier molecular flexibility index (Phi) is 10.7. The van der Waals surface area contributed by atoms with Crippen LogP contribution in [0.1, 0.15) is 22.3 Å². The summed E-state index contributed by atoms with van der Waals surface area (Å²) in [5.74, 6) is 0. The van der Waals surface area contributed by atoms with E-state index < -0.39 is 14.5 Å². The summed E-state index contributed by atoms with van der Waals surface area (Å²) in [6, 6.07) is 39.2. The molecule has 204 valence electrons. The Hall–Kier alpha value is -2.39. The van der Waals surface area contributed by atoms with Crippen molar-refractivity contribution in [2.45, 2.75) is 40.8 Å². The predicted octanol–water partition coefficient (Wildman–Crippen LogP) is 11.8. The number of rotatable bonds is 2. The van der Waals surface area contributed by atoms with Crippen LogP contribution in [0.15, 0.2) is 109 Å². The number of hydrogen-bond acceptors (Lipinski definition) is 0. The van der Waals surface area contributed by atoms with E-state index in [2.05, 4.69) is 150 Å². The van der Waals surface area contributed by atoms with Crippen LogP contribution in [0.4, 0.5) is 0 Å². The SMILES string of the molecule is C[Si](C)=[Ti]([Cl])[Cl].Cc1cc2c(-c3ccccc3)ccc(C)c2[cH-]1.Cc1cc2c(-c3ccccc3)ccc(C)c2[cH-]1. The second-order valence-corrected chi connectivity index (χ2v) is 26.7. The molecule has 0 N–H and O–H groups in total. The van der Waals surface area contributed by atoms with Crippen molar-refractivity contribution in [2.24, 2.45) is 0 Å². The van der Waals surface area contributed by atoms with Crippen molar-refractivity contribution >= 4 is 46.3 Å². The normalized spacial score (nSPS) is 10.5. The monoisotopic (exact) mass is 614 g/mol. The van der Waals surface area contributed by atoms with Gasteiger partial charge in [0.1, 0.15) is 0 Å². The molecular formula is C36H36Cl2SiTi-2. The maximum absolute atomic E-state index is 5.59. The zero-order valence-electron chi connectivity index (χ0n) is 24.1. The van der Waals surface area contributed by atoms with Crippen LogP contribution < -0.4 is 0 Å². The van der Waals surface area contributed by atoms with Gasteiger partial charge in [0, 0.05) is 0 Å². The van der Waals surface area contributed by atoms with Crippen LogP contribution in [-0.4, -0.2) is 6.19 Å². The van der Waals surface area contributed by atoms with Gasteiger partial charge in [-0.15, -0.1) is 68.1 Å². The molecule has 0 aliphatic carbocycles. The summed E-state index contributed by atoms with van der Waals surface area (Å²) in [5.41, 5.74) is 10.6. The maximum Gasteiger partial charge on any atom is -0.0279 e. The third-order valence-corrected chi connectivity index (χ3v) is 20.7. The topological polar surface area (TPSA) is 0 Å². The van der Waals surface area contributed by atoms with Gasteiger partial charge in [-0.2, -0.15) is 12.1 Å². The fourth-order valence-electron chi connectivity index (χ4n) is 4.92. The van der Waals surface area contributed by atoms with Crippen molar-refractivity contribution in [2.75, 3.05) is 0 Å². The molecule has 0 saturated carbocycles. The maximum atomic E-state index is 5.59. The number of aryl methyl sites for hydroxylation is 4. The van der Waals surface area contributed by atoms with Gasteiger partial charge in [-0.3, -0.25) is 0 Å². The Morgan fingerprint density at radius 2 is 0.900 bits per heavy atom. The van der Waals surface area contributed by atoms with E-state index in [1.165, 1.54) is 66.1 Å². The van der Waals surface area contributed by atoms with Crippen LogP contribution >= 0.6 is 18.6 Å². The Morgan fingerprint density at radius 1 is 0.550 bits per heavy atom. The molecule has 0 aliphatic heterocycles. The quantitative estimate of drug-likeness (QED) is 0.134. The molecule has 0 fully saturated rings. The Labute approximate surface area is 253 Å². The van der Waals surface area contributed by atoms with Gasteiger partial charge in [-0.25, -0.2) is 0 Å². The standard InChI is InChI=1S/2C17H15.C2H6Si.2ClH.Ti/c2*1-12-10-16-13(2)8-9-15(17(16)11-12)14-6-4-3-5-7-14;1-3-2;;;/h2*3-11H,1-2H3;1-2H3;2*1H;/q2*-1;;;;+2/p-2. The summed E-state index contributed by atoms with van der Waals surface area (Å²) in [4.78, 5) is 0. The van der Waals surface area contributed by atoms with Crippen LogP contribution in [0.3, 0.4) is 0 Å². The molecular weight excluding hydrogens is 579 g/mol. The van der Waals surface area contributed by atoms with Crippen LogP contribution in [0.5, 0.6) is 0 Å². The van der Waals surface area contributed by atoms with Gasteiger partial charge in [0.15, 0.2) is 0 Å². The number of benzene rings is 4. The molecule has 0 bridgehead atoms. The van der Waals surface area contributed by atoms with Crippen molar-refractivity contribution in [1.82, 2.24) is 0 Å². The van der Waals surface area contributed by atoms with Crippen LogP contribution in [0, 0.1) is 27.7 Å². The molecule has 0 heterocycles. The first-order valence-electron chi connectivity index (χ1n) is 13.6. The summed E-state index contributed by atoms with van der Waals surface area (Å²) in [5, 5.41) is 5.50. The van der Waals surface area contributed by atoms with E-state index in [-0.39, 0.29) is 6.19 Å². The minimum Gasteiger partial charge on any atom is -0.165 e. The summed E-state index contributed by atoms with van der Waals surface area (Å²) in [6.45, 7) is 13.0. The van der Waals surface area contributed by atoms with E-state index in [1.54, 1.807) is 0 Å². The van der Waals surface area contributed by atoms with Gasteiger partial charge in [0.25, 0.3) is 0 Å². The molecule has 0 unspecified atom stereocenters. The Morgan fingerprint density at radius 3 is 1.23 bits per heavy atom. The van der Waals surface area contributed by atoms with Gasteiger partial charge in [0.05, 0.1) is 0 Å². The van der Waals surface area contributed by atoms with Crippen molar-refractivity contribution in [3.8, 4) is 22.3 Å². The first kappa shape index (κ1) is 30.6. The molecule has 0 spiro atoms. The fraction of sp³-hybridized carbons (Fsp3) is 0.167.